The predicted octanol–water partition coefficient (Wildman–Crippen LogP) is 5.35. The molecule has 4 aromatic rings. The number of hydrogen-bond acceptors (Lipinski definition) is 5. The molecule has 0 saturated heterocycles. The first-order valence-electron chi connectivity index (χ1n) is 8.33. The molecule has 0 radical (unpaired) electrons. The number of hydrogen-bond donors (Lipinski definition) is 1. The zero-order valence-corrected chi connectivity index (χ0v) is 15.2. The number of furan rings is 1. The minimum absolute atomic E-state index is 0.0284. The number of carbonyl (C=O) groups excluding carboxylic acids is 1. The van der Waals surface area contributed by atoms with Gasteiger partial charge >= 0.3 is 0 Å². The molecule has 5 nitrogen and oxygen atoms in total. The Balaban J connectivity index is 1.59. The first kappa shape index (κ1) is 17.2. The molecule has 0 aliphatic carbocycles. The summed E-state index contributed by atoms with van der Waals surface area (Å²) in [5.74, 6) is 0.120. The Hall–Kier alpha value is -3.19. The average molecular weight is 382 g/mol. The molecule has 0 atom stereocenters. The van der Waals surface area contributed by atoms with Gasteiger partial charge < -0.3 is 9.15 Å². The van der Waals surface area contributed by atoms with Gasteiger partial charge in [0, 0.05) is 10.8 Å². The molecule has 2 aromatic heterocycles. The highest BCUT2D eigenvalue weighted by Crippen LogP contribution is 2.34. The number of fused-ring (bicyclic) bond motifs is 1. The SMILES string of the molecule is CCOc1cccc2cc(-c3csc(NC(=O)c4ccccc4F)n3)oc12. The van der Waals surface area contributed by atoms with Gasteiger partial charge in [-0.05, 0) is 31.2 Å². The fraction of sp³-hybridized carbons (Fsp3) is 0.100. The molecule has 0 spiro atoms. The van der Waals surface area contributed by atoms with Crippen LogP contribution in [0.1, 0.15) is 17.3 Å². The van der Waals surface area contributed by atoms with Gasteiger partial charge in [0.1, 0.15) is 11.5 Å². The van der Waals surface area contributed by atoms with E-state index in [1.807, 2.05) is 31.2 Å². The van der Waals surface area contributed by atoms with E-state index in [0.717, 1.165) is 5.39 Å². The quantitative estimate of drug-likeness (QED) is 0.506. The Morgan fingerprint density at radius 2 is 2.11 bits per heavy atom. The minimum Gasteiger partial charge on any atom is -0.490 e. The van der Waals surface area contributed by atoms with Crippen LogP contribution in [0.4, 0.5) is 9.52 Å². The molecule has 1 amide bonds. The molecular formula is C20H15FN2O3S. The number of nitrogens with zero attached hydrogens (tertiary/aromatic N) is 1. The van der Waals surface area contributed by atoms with E-state index in [2.05, 4.69) is 10.3 Å². The van der Waals surface area contributed by atoms with Gasteiger partial charge in [0.2, 0.25) is 0 Å². The maximum atomic E-state index is 13.7. The van der Waals surface area contributed by atoms with Crippen molar-refractivity contribution in [2.24, 2.45) is 0 Å². The number of carbonyl (C=O) groups is 1. The predicted molar refractivity (Wildman–Crippen MR) is 103 cm³/mol. The molecule has 136 valence electrons. The van der Waals surface area contributed by atoms with Crippen LogP contribution >= 0.6 is 11.3 Å². The summed E-state index contributed by atoms with van der Waals surface area (Å²) in [7, 11) is 0. The van der Waals surface area contributed by atoms with Gasteiger partial charge in [0.05, 0.1) is 12.2 Å². The Morgan fingerprint density at radius 3 is 2.93 bits per heavy atom. The van der Waals surface area contributed by atoms with E-state index in [9.17, 15) is 9.18 Å². The van der Waals surface area contributed by atoms with Crippen molar-refractivity contribution in [2.45, 2.75) is 6.92 Å². The van der Waals surface area contributed by atoms with Crippen LogP contribution in [0.3, 0.4) is 0 Å². The van der Waals surface area contributed by atoms with Crippen LogP contribution in [-0.4, -0.2) is 17.5 Å². The Morgan fingerprint density at radius 1 is 1.26 bits per heavy atom. The Bertz CT molecular complexity index is 1120. The number of aromatic nitrogens is 1. The molecule has 7 heteroatoms. The molecule has 0 bridgehead atoms. The molecule has 2 aromatic carbocycles. The fourth-order valence-electron chi connectivity index (χ4n) is 2.69. The van der Waals surface area contributed by atoms with Gasteiger partial charge in [-0.1, -0.05) is 24.3 Å². The molecule has 0 saturated carbocycles. The third-order valence-corrected chi connectivity index (χ3v) is 4.66. The van der Waals surface area contributed by atoms with Crippen molar-refractivity contribution < 1.29 is 18.3 Å². The van der Waals surface area contributed by atoms with E-state index in [0.29, 0.717) is 34.5 Å². The summed E-state index contributed by atoms with van der Waals surface area (Å²) in [6, 6.07) is 13.4. The van der Waals surface area contributed by atoms with E-state index in [1.165, 1.54) is 29.5 Å². The summed E-state index contributed by atoms with van der Waals surface area (Å²) in [6.07, 6.45) is 0. The lowest BCUT2D eigenvalue weighted by Crippen LogP contribution is -2.13. The summed E-state index contributed by atoms with van der Waals surface area (Å²) < 4.78 is 25.2. The highest BCUT2D eigenvalue weighted by Gasteiger charge is 2.16. The lowest BCUT2D eigenvalue weighted by atomic mass is 10.2. The smallest absolute Gasteiger partial charge is 0.260 e. The van der Waals surface area contributed by atoms with E-state index in [1.54, 1.807) is 11.4 Å². The summed E-state index contributed by atoms with van der Waals surface area (Å²) >= 11 is 1.24. The van der Waals surface area contributed by atoms with Crippen molar-refractivity contribution in [3.8, 4) is 17.2 Å². The lowest BCUT2D eigenvalue weighted by Gasteiger charge is -2.02. The number of amides is 1. The normalized spacial score (nSPS) is 10.9. The number of nitrogens with one attached hydrogen (secondary N) is 1. The van der Waals surface area contributed by atoms with E-state index in [-0.39, 0.29) is 5.56 Å². The summed E-state index contributed by atoms with van der Waals surface area (Å²) in [5.41, 5.74) is 1.21. The van der Waals surface area contributed by atoms with Gasteiger partial charge in [-0.25, -0.2) is 9.37 Å². The second-order valence-corrected chi connectivity index (χ2v) is 6.55. The molecule has 0 aliphatic rings. The Kier molecular flexibility index (Phi) is 4.60. The van der Waals surface area contributed by atoms with Crippen molar-refractivity contribution in [1.82, 2.24) is 4.98 Å². The molecule has 4 rings (SSSR count). The minimum atomic E-state index is -0.576. The third-order valence-electron chi connectivity index (χ3n) is 3.90. The second kappa shape index (κ2) is 7.20. The van der Waals surface area contributed by atoms with E-state index < -0.39 is 11.7 Å². The highest BCUT2D eigenvalue weighted by molar-refractivity contribution is 7.14. The zero-order chi connectivity index (χ0) is 18.8. The second-order valence-electron chi connectivity index (χ2n) is 5.69. The van der Waals surface area contributed by atoms with Crippen LogP contribution in [0.2, 0.25) is 0 Å². The molecule has 0 fully saturated rings. The van der Waals surface area contributed by atoms with Crippen molar-refractivity contribution in [1.29, 1.82) is 0 Å². The third kappa shape index (κ3) is 3.41. The van der Waals surface area contributed by atoms with Crippen molar-refractivity contribution in [3.05, 3.63) is 65.3 Å². The number of thiazole rings is 1. The summed E-state index contributed by atoms with van der Waals surface area (Å²) in [5, 5.41) is 5.66. The standard InChI is InChI=1S/C20H15FN2O3S/c1-2-25-16-9-5-6-12-10-17(26-18(12)16)15-11-27-20(22-15)23-19(24)13-7-3-4-8-14(13)21/h3-11H,2H2,1H3,(H,22,23,24). The van der Waals surface area contributed by atoms with E-state index >= 15 is 0 Å². The number of benzene rings is 2. The monoisotopic (exact) mass is 382 g/mol. The van der Waals surface area contributed by atoms with Crippen molar-refractivity contribution in [2.75, 3.05) is 11.9 Å². The zero-order valence-electron chi connectivity index (χ0n) is 14.4. The van der Waals surface area contributed by atoms with Crippen LogP contribution in [0.25, 0.3) is 22.4 Å². The van der Waals surface area contributed by atoms with Crippen molar-refractivity contribution in [3.63, 3.8) is 0 Å². The molecule has 0 aliphatic heterocycles. The number of anilines is 1. The topological polar surface area (TPSA) is 64.4 Å². The van der Waals surface area contributed by atoms with Crippen LogP contribution in [0, 0.1) is 5.82 Å². The van der Waals surface area contributed by atoms with Gasteiger partial charge in [0.15, 0.2) is 22.2 Å². The average Bonchev–Trinajstić information content (AvgIpc) is 3.29. The molecule has 27 heavy (non-hydrogen) atoms. The van der Waals surface area contributed by atoms with E-state index in [4.69, 9.17) is 9.15 Å². The number of para-hydroxylation sites is 1. The highest BCUT2D eigenvalue weighted by atomic mass is 32.1. The maximum Gasteiger partial charge on any atom is 0.260 e. The van der Waals surface area contributed by atoms with Crippen LogP contribution in [-0.2, 0) is 0 Å². The summed E-state index contributed by atoms with van der Waals surface area (Å²) in [4.78, 5) is 16.6. The van der Waals surface area contributed by atoms with Crippen LogP contribution < -0.4 is 10.1 Å². The maximum absolute atomic E-state index is 13.7. The first-order chi connectivity index (χ1) is 13.2. The molecule has 2 heterocycles. The molecule has 0 unspecified atom stereocenters. The number of rotatable bonds is 5. The van der Waals surface area contributed by atoms with Gasteiger partial charge in [0.25, 0.3) is 5.91 Å². The number of ether oxygens (including phenoxy) is 1. The molecule has 1 N–H and O–H groups in total. The van der Waals surface area contributed by atoms with Gasteiger partial charge in [-0.2, -0.15) is 0 Å². The fourth-order valence-corrected chi connectivity index (χ4v) is 3.38. The first-order valence-corrected chi connectivity index (χ1v) is 9.21. The Labute approximate surface area is 158 Å². The van der Waals surface area contributed by atoms with Crippen LogP contribution in [0.15, 0.2) is 58.3 Å². The summed E-state index contributed by atoms with van der Waals surface area (Å²) in [6.45, 7) is 2.45. The molecular weight excluding hydrogens is 367 g/mol. The van der Waals surface area contributed by atoms with Gasteiger partial charge in [-0.3, -0.25) is 10.1 Å². The van der Waals surface area contributed by atoms with Crippen LogP contribution in [0.5, 0.6) is 5.75 Å². The van der Waals surface area contributed by atoms with Crippen molar-refractivity contribution >= 4 is 33.3 Å². The lowest BCUT2D eigenvalue weighted by molar-refractivity contribution is 0.102. The van der Waals surface area contributed by atoms with Gasteiger partial charge in [-0.15, -0.1) is 11.3 Å². The number of halogens is 1. The largest absolute Gasteiger partial charge is 0.490 e.